The third-order valence-electron chi connectivity index (χ3n) is 2.33. The molecule has 92 valence electrons. The molecule has 0 fully saturated rings. The second-order valence-corrected chi connectivity index (χ2v) is 3.57. The van der Waals surface area contributed by atoms with Crippen LogP contribution in [0.1, 0.15) is 23.0 Å². The number of nitrogens with one attached hydrogen (secondary N) is 2. The summed E-state index contributed by atoms with van der Waals surface area (Å²) >= 11 is 0. The zero-order valence-corrected chi connectivity index (χ0v) is 9.73. The second-order valence-electron chi connectivity index (χ2n) is 3.57. The van der Waals surface area contributed by atoms with Crippen molar-refractivity contribution in [1.29, 1.82) is 0 Å². The van der Waals surface area contributed by atoms with Gasteiger partial charge in [-0.25, -0.2) is 4.79 Å². The van der Waals surface area contributed by atoms with Crippen LogP contribution in [0, 0.1) is 0 Å². The number of nitrogens with zero attached hydrogens (tertiary/aromatic N) is 1. The molecule has 0 spiro atoms. The number of rotatable bonds is 5. The number of carbonyl (C=O) groups is 2. The molecule has 1 rings (SSSR count). The van der Waals surface area contributed by atoms with E-state index in [4.69, 9.17) is 5.11 Å². The Morgan fingerprint density at radius 1 is 1.53 bits per heavy atom. The fourth-order valence-corrected chi connectivity index (χ4v) is 1.17. The zero-order chi connectivity index (χ0) is 12.8. The largest absolute Gasteiger partial charge is 0.478 e. The maximum absolute atomic E-state index is 11.4. The van der Waals surface area contributed by atoms with Gasteiger partial charge in [-0.15, -0.1) is 0 Å². The number of aromatic carboxylic acids is 1. The Labute approximate surface area is 99.1 Å². The molecule has 3 N–H and O–H groups in total. The van der Waals surface area contributed by atoms with Gasteiger partial charge >= 0.3 is 5.97 Å². The molecule has 1 amide bonds. The van der Waals surface area contributed by atoms with Crippen LogP contribution in [0.3, 0.4) is 0 Å². The fraction of sp³-hybridized carbons (Fsp3) is 0.364. The lowest BCUT2D eigenvalue weighted by molar-refractivity contribution is -0.122. The molecule has 6 heteroatoms. The lowest BCUT2D eigenvalue weighted by Crippen LogP contribution is -2.40. The van der Waals surface area contributed by atoms with Crippen molar-refractivity contribution in [3.8, 4) is 0 Å². The summed E-state index contributed by atoms with van der Waals surface area (Å²) in [5.74, 6) is -1.17. The number of hydrogen-bond donors (Lipinski definition) is 3. The standard InChI is InChI=1S/C11H15N3O3/c1-7(12-2)10(15)14-6-9-5-8(11(16)17)3-4-13-9/h3-5,7,12H,6H2,1-2H3,(H,14,15)(H,16,17). The molecule has 1 atom stereocenters. The van der Waals surface area contributed by atoms with Gasteiger partial charge in [0.1, 0.15) is 0 Å². The topological polar surface area (TPSA) is 91.3 Å². The highest BCUT2D eigenvalue weighted by molar-refractivity contribution is 5.87. The van der Waals surface area contributed by atoms with Crippen LogP contribution >= 0.6 is 0 Å². The third-order valence-corrected chi connectivity index (χ3v) is 2.33. The van der Waals surface area contributed by atoms with Gasteiger partial charge < -0.3 is 15.7 Å². The molecule has 1 aromatic heterocycles. The molecule has 0 aromatic carbocycles. The Morgan fingerprint density at radius 2 is 2.24 bits per heavy atom. The van der Waals surface area contributed by atoms with Crippen molar-refractivity contribution in [2.24, 2.45) is 0 Å². The summed E-state index contributed by atoms with van der Waals surface area (Å²) in [7, 11) is 1.69. The molecule has 0 saturated carbocycles. The minimum absolute atomic E-state index is 0.157. The van der Waals surface area contributed by atoms with E-state index in [2.05, 4.69) is 15.6 Å². The van der Waals surface area contributed by atoms with Crippen LogP contribution in [-0.4, -0.2) is 35.1 Å². The molecule has 0 radical (unpaired) electrons. The van der Waals surface area contributed by atoms with Gasteiger partial charge in [-0.05, 0) is 26.1 Å². The maximum atomic E-state index is 11.4. The van der Waals surface area contributed by atoms with E-state index in [1.165, 1.54) is 18.3 Å². The lowest BCUT2D eigenvalue weighted by Gasteiger charge is -2.10. The van der Waals surface area contributed by atoms with Crippen LogP contribution in [0.15, 0.2) is 18.3 Å². The van der Waals surface area contributed by atoms with Crippen molar-refractivity contribution in [2.75, 3.05) is 7.05 Å². The van der Waals surface area contributed by atoms with Crippen LogP contribution in [0.4, 0.5) is 0 Å². The second kappa shape index (κ2) is 5.95. The lowest BCUT2D eigenvalue weighted by atomic mass is 10.2. The van der Waals surface area contributed by atoms with Crippen LogP contribution in [-0.2, 0) is 11.3 Å². The van der Waals surface area contributed by atoms with E-state index in [-0.39, 0.29) is 24.1 Å². The van der Waals surface area contributed by atoms with Crippen LogP contribution in [0.25, 0.3) is 0 Å². The SMILES string of the molecule is CNC(C)C(=O)NCc1cc(C(=O)O)ccn1. The van der Waals surface area contributed by atoms with Crippen LogP contribution in [0.2, 0.25) is 0 Å². The summed E-state index contributed by atoms with van der Waals surface area (Å²) in [6.45, 7) is 1.95. The van der Waals surface area contributed by atoms with E-state index >= 15 is 0 Å². The summed E-state index contributed by atoms with van der Waals surface area (Å²) in [5.41, 5.74) is 0.674. The van der Waals surface area contributed by atoms with Crippen molar-refractivity contribution in [3.63, 3.8) is 0 Å². The van der Waals surface area contributed by atoms with E-state index in [0.29, 0.717) is 5.69 Å². The van der Waals surface area contributed by atoms with Gasteiger partial charge in [0.25, 0.3) is 0 Å². The van der Waals surface area contributed by atoms with Gasteiger partial charge in [0.15, 0.2) is 0 Å². The van der Waals surface area contributed by atoms with E-state index < -0.39 is 5.97 Å². The average Bonchev–Trinajstić information content (AvgIpc) is 2.35. The minimum Gasteiger partial charge on any atom is -0.478 e. The molecular formula is C11H15N3O3. The molecular weight excluding hydrogens is 222 g/mol. The quantitative estimate of drug-likeness (QED) is 0.670. The number of hydrogen-bond acceptors (Lipinski definition) is 4. The normalized spacial score (nSPS) is 11.9. The smallest absolute Gasteiger partial charge is 0.335 e. The molecule has 0 saturated heterocycles. The fourth-order valence-electron chi connectivity index (χ4n) is 1.17. The Morgan fingerprint density at radius 3 is 2.82 bits per heavy atom. The molecule has 1 aromatic rings. The van der Waals surface area contributed by atoms with Crippen molar-refractivity contribution in [1.82, 2.24) is 15.6 Å². The average molecular weight is 237 g/mol. The first-order valence-electron chi connectivity index (χ1n) is 5.17. The number of carboxylic acid groups (broad SMARTS) is 1. The predicted molar refractivity (Wildman–Crippen MR) is 61.6 cm³/mol. The molecule has 1 heterocycles. The van der Waals surface area contributed by atoms with Gasteiger partial charge in [-0.3, -0.25) is 9.78 Å². The zero-order valence-electron chi connectivity index (χ0n) is 9.73. The Kier molecular flexibility index (Phi) is 4.59. The summed E-state index contributed by atoms with van der Waals surface area (Å²) in [6.07, 6.45) is 1.41. The van der Waals surface area contributed by atoms with Gasteiger partial charge in [0, 0.05) is 6.20 Å². The van der Waals surface area contributed by atoms with Crippen molar-refractivity contribution in [3.05, 3.63) is 29.6 Å². The van der Waals surface area contributed by atoms with E-state index in [1.807, 2.05) is 0 Å². The number of carbonyl (C=O) groups excluding carboxylic acids is 1. The Hall–Kier alpha value is -1.95. The number of amides is 1. The highest BCUT2D eigenvalue weighted by atomic mass is 16.4. The first kappa shape index (κ1) is 13.1. The summed E-state index contributed by atoms with van der Waals surface area (Å²) in [5, 5.41) is 14.3. The van der Waals surface area contributed by atoms with E-state index in [1.54, 1.807) is 14.0 Å². The van der Waals surface area contributed by atoms with Crippen molar-refractivity contribution >= 4 is 11.9 Å². The van der Waals surface area contributed by atoms with E-state index in [0.717, 1.165) is 0 Å². The molecule has 0 aliphatic carbocycles. The monoisotopic (exact) mass is 237 g/mol. The molecule has 0 aliphatic heterocycles. The summed E-state index contributed by atoms with van der Waals surface area (Å²) < 4.78 is 0. The van der Waals surface area contributed by atoms with Gasteiger partial charge in [0.05, 0.1) is 23.8 Å². The van der Waals surface area contributed by atoms with Gasteiger partial charge in [0.2, 0.25) is 5.91 Å². The van der Waals surface area contributed by atoms with Crippen molar-refractivity contribution < 1.29 is 14.7 Å². The highest BCUT2D eigenvalue weighted by Gasteiger charge is 2.10. The number of likely N-dealkylation sites (N-methyl/N-ethyl adjacent to an activating group) is 1. The highest BCUT2D eigenvalue weighted by Crippen LogP contribution is 2.01. The van der Waals surface area contributed by atoms with Gasteiger partial charge in [-0.1, -0.05) is 0 Å². The molecule has 0 aliphatic rings. The first-order valence-corrected chi connectivity index (χ1v) is 5.17. The Bertz CT molecular complexity index is 420. The number of aromatic nitrogens is 1. The predicted octanol–water partition coefficient (Wildman–Crippen LogP) is 0.00390. The Balaban J connectivity index is 2.60. The van der Waals surface area contributed by atoms with Crippen molar-refractivity contribution in [2.45, 2.75) is 19.5 Å². The molecule has 6 nitrogen and oxygen atoms in total. The molecule has 0 bridgehead atoms. The minimum atomic E-state index is -1.01. The summed E-state index contributed by atoms with van der Waals surface area (Å²) in [4.78, 5) is 26.1. The van der Waals surface area contributed by atoms with E-state index in [9.17, 15) is 9.59 Å². The first-order chi connectivity index (χ1) is 8.04. The van der Waals surface area contributed by atoms with Gasteiger partial charge in [-0.2, -0.15) is 0 Å². The third kappa shape index (κ3) is 3.84. The maximum Gasteiger partial charge on any atom is 0.335 e. The number of carboxylic acids is 1. The van der Waals surface area contributed by atoms with Crippen LogP contribution < -0.4 is 10.6 Å². The molecule has 17 heavy (non-hydrogen) atoms. The summed E-state index contributed by atoms with van der Waals surface area (Å²) in [6, 6.07) is 2.55. The van der Waals surface area contributed by atoms with Crippen LogP contribution in [0.5, 0.6) is 0 Å². The number of pyridine rings is 1. The molecule has 1 unspecified atom stereocenters.